The number of alkyl halides is 2. The number of hydrogen-bond acceptors (Lipinski definition) is 6. The van der Waals surface area contributed by atoms with Crippen LogP contribution in [0.1, 0.15) is 62.1 Å². The zero-order chi connectivity index (χ0) is 23.7. The molecule has 10 heteroatoms. The normalized spacial score (nSPS) is 30.6. The molecular formula is C24H27ClF2N4O2S. The molecule has 6 nitrogen and oxygen atoms in total. The Morgan fingerprint density at radius 2 is 1.82 bits per heavy atom. The molecule has 182 valence electrons. The second-order valence-electron chi connectivity index (χ2n) is 10.2. The Morgan fingerprint density at radius 3 is 2.41 bits per heavy atom. The molecule has 2 bridgehead atoms. The summed E-state index contributed by atoms with van der Waals surface area (Å²) in [7, 11) is -2.51. The molecule has 2 saturated heterocycles. The lowest BCUT2D eigenvalue weighted by atomic mass is 9.77. The van der Waals surface area contributed by atoms with Gasteiger partial charge in [0.1, 0.15) is 21.5 Å². The van der Waals surface area contributed by atoms with Crippen molar-refractivity contribution >= 4 is 34.2 Å². The number of nitrogens with zero attached hydrogens (tertiary/aromatic N) is 3. The van der Waals surface area contributed by atoms with Gasteiger partial charge in [0, 0.05) is 17.1 Å². The molecule has 34 heavy (non-hydrogen) atoms. The number of aliphatic hydroxyl groups is 1. The smallest absolute Gasteiger partial charge is 0.331 e. The molecule has 0 spiro atoms. The summed E-state index contributed by atoms with van der Waals surface area (Å²) < 4.78 is 41.5. The predicted octanol–water partition coefficient (Wildman–Crippen LogP) is 4.63. The number of halogens is 3. The van der Waals surface area contributed by atoms with Crippen molar-refractivity contribution in [1.29, 1.82) is 0 Å². The van der Waals surface area contributed by atoms with E-state index in [0.717, 1.165) is 50.0 Å². The zero-order valence-corrected chi connectivity index (χ0v) is 20.2. The number of piperidine rings is 1. The first-order valence-corrected chi connectivity index (χ1v) is 13.4. The minimum absolute atomic E-state index is 0.00290. The van der Waals surface area contributed by atoms with Crippen molar-refractivity contribution in [3.05, 3.63) is 40.5 Å². The van der Waals surface area contributed by atoms with Gasteiger partial charge in [0.15, 0.2) is 0 Å². The molecule has 6 rings (SSSR count). The fraction of sp³-hybridized carbons (Fsp3) is 0.583. The van der Waals surface area contributed by atoms with Gasteiger partial charge in [-0.1, -0.05) is 23.7 Å². The predicted molar refractivity (Wildman–Crippen MR) is 127 cm³/mol. The summed E-state index contributed by atoms with van der Waals surface area (Å²) in [5, 5.41) is 10.5. The minimum atomic E-state index is -3.36. The van der Waals surface area contributed by atoms with Crippen molar-refractivity contribution in [2.24, 2.45) is 0 Å². The second-order valence-corrected chi connectivity index (χ2v) is 12.1. The zero-order valence-electron chi connectivity index (χ0n) is 18.6. The molecule has 3 fully saturated rings. The van der Waals surface area contributed by atoms with Crippen LogP contribution >= 0.6 is 11.6 Å². The maximum Gasteiger partial charge on any atom is 0.331 e. The maximum absolute atomic E-state index is 14.5. The summed E-state index contributed by atoms with van der Waals surface area (Å²) in [6.45, 7) is -0.123. The van der Waals surface area contributed by atoms with Gasteiger partial charge in [-0.2, -0.15) is 13.8 Å². The van der Waals surface area contributed by atoms with Crippen molar-refractivity contribution in [3.63, 3.8) is 0 Å². The van der Waals surface area contributed by atoms with Crippen LogP contribution in [0.25, 0.3) is 0 Å². The van der Waals surface area contributed by atoms with E-state index in [1.165, 1.54) is 5.56 Å². The summed E-state index contributed by atoms with van der Waals surface area (Å²) in [4.78, 5) is 11.4. The van der Waals surface area contributed by atoms with E-state index in [2.05, 4.69) is 27.3 Å². The van der Waals surface area contributed by atoms with Crippen LogP contribution in [0.3, 0.4) is 0 Å². The van der Waals surface area contributed by atoms with Gasteiger partial charge in [-0.05, 0) is 68.6 Å². The number of benzene rings is 1. The van der Waals surface area contributed by atoms with Gasteiger partial charge in [0.2, 0.25) is 5.95 Å². The molecule has 1 aromatic heterocycles. The monoisotopic (exact) mass is 508 g/mol. The minimum Gasteiger partial charge on any atom is -0.394 e. The Balaban J connectivity index is 1.34. The number of nitrogens with one attached hydrogen (secondary N) is 1. The lowest BCUT2D eigenvalue weighted by Crippen LogP contribution is -2.49. The molecule has 3 unspecified atom stereocenters. The van der Waals surface area contributed by atoms with E-state index in [1.807, 2.05) is 12.1 Å². The molecule has 1 aromatic carbocycles. The van der Waals surface area contributed by atoms with Crippen molar-refractivity contribution in [2.45, 2.75) is 85.1 Å². The fourth-order valence-corrected chi connectivity index (χ4v) is 7.39. The van der Waals surface area contributed by atoms with E-state index in [4.69, 9.17) is 16.6 Å². The van der Waals surface area contributed by atoms with Crippen LogP contribution in [0.2, 0.25) is 5.02 Å². The molecule has 1 aliphatic carbocycles. The topological polar surface area (TPSA) is 78.4 Å². The summed E-state index contributed by atoms with van der Waals surface area (Å²) in [5.74, 6) is 1.04. The van der Waals surface area contributed by atoms with Gasteiger partial charge in [0.25, 0.3) is 0 Å². The Bertz CT molecular complexity index is 1130. The molecule has 4 aliphatic rings. The molecule has 0 amide bonds. The Morgan fingerprint density at radius 1 is 1.15 bits per heavy atom. The number of aromatic nitrogens is 2. The number of hydrogen-bond donors (Lipinski definition) is 2. The summed E-state index contributed by atoms with van der Waals surface area (Å²) >= 11 is 6.06. The van der Waals surface area contributed by atoms with Crippen molar-refractivity contribution in [2.75, 3.05) is 16.8 Å². The number of fused-ring (bicyclic) bond motifs is 3. The average Bonchev–Trinajstić information content (AvgIpc) is 3.18. The highest BCUT2D eigenvalue weighted by atomic mass is 35.5. The highest BCUT2D eigenvalue weighted by Gasteiger charge is 2.51. The molecular weight excluding hydrogens is 482 g/mol. The van der Waals surface area contributed by atoms with Gasteiger partial charge in [0.05, 0.1) is 24.3 Å². The Hall–Kier alpha value is -1.84. The van der Waals surface area contributed by atoms with E-state index in [0.29, 0.717) is 11.9 Å². The lowest BCUT2D eigenvalue weighted by Gasteiger charge is -2.42. The van der Waals surface area contributed by atoms with Crippen LogP contribution in [0, 0.1) is 0 Å². The quantitative estimate of drug-likeness (QED) is 0.613. The van der Waals surface area contributed by atoms with Crippen LogP contribution in [-0.4, -0.2) is 48.8 Å². The van der Waals surface area contributed by atoms with Crippen molar-refractivity contribution in [1.82, 2.24) is 9.97 Å². The third-order valence-corrected chi connectivity index (χ3v) is 9.79. The van der Waals surface area contributed by atoms with Crippen LogP contribution in [0.15, 0.2) is 29.2 Å². The van der Waals surface area contributed by atoms with Crippen molar-refractivity contribution in [3.8, 4) is 0 Å². The highest BCUT2D eigenvalue weighted by molar-refractivity contribution is 7.86. The largest absolute Gasteiger partial charge is 0.394 e. The highest BCUT2D eigenvalue weighted by Crippen LogP contribution is 2.48. The van der Waals surface area contributed by atoms with Crippen LogP contribution in [0.4, 0.5) is 20.5 Å². The van der Waals surface area contributed by atoms with Crippen LogP contribution in [-0.2, 0) is 17.2 Å². The average molecular weight is 509 g/mol. The van der Waals surface area contributed by atoms with Gasteiger partial charge in [-0.25, -0.2) is 9.19 Å². The van der Waals surface area contributed by atoms with E-state index in [9.17, 15) is 18.1 Å². The molecule has 3 aliphatic heterocycles. The molecule has 4 heterocycles. The van der Waals surface area contributed by atoms with Gasteiger partial charge >= 0.3 is 5.25 Å². The molecule has 2 aromatic rings. The van der Waals surface area contributed by atoms with Crippen molar-refractivity contribution < 1.29 is 18.1 Å². The summed E-state index contributed by atoms with van der Waals surface area (Å²) in [5.41, 5.74) is 0.827. The fourth-order valence-electron chi connectivity index (χ4n) is 6.10. The SMILES string of the molecule is O=S1c2c(nc(N3C4CCC3CC(c3ccc(Cl)cc3)C4)nc2NC2(CO)CCC2)CC1(F)F. The molecule has 1 saturated carbocycles. The maximum atomic E-state index is 14.5. The third kappa shape index (κ3) is 3.62. The van der Waals surface area contributed by atoms with Crippen LogP contribution in [0.5, 0.6) is 0 Å². The molecule has 0 radical (unpaired) electrons. The first-order chi connectivity index (χ1) is 16.3. The first kappa shape index (κ1) is 22.6. The third-order valence-electron chi connectivity index (χ3n) is 8.06. The molecule has 2 N–H and O–H groups in total. The second kappa shape index (κ2) is 8.10. The van der Waals surface area contributed by atoms with Gasteiger partial charge in [-0.3, -0.25) is 0 Å². The van der Waals surface area contributed by atoms with Crippen LogP contribution < -0.4 is 10.2 Å². The number of aliphatic hydroxyl groups excluding tert-OH is 1. The van der Waals surface area contributed by atoms with Gasteiger partial charge in [-0.15, -0.1) is 0 Å². The Labute approximate surface area is 204 Å². The van der Waals surface area contributed by atoms with E-state index < -0.39 is 28.0 Å². The Kier molecular flexibility index (Phi) is 5.39. The number of rotatable bonds is 5. The van der Waals surface area contributed by atoms with E-state index in [1.54, 1.807) is 0 Å². The van der Waals surface area contributed by atoms with Gasteiger partial charge < -0.3 is 15.3 Å². The summed E-state index contributed by atoms with van der Waals surface area (Å²) in [6.07, 6.45) is 5.60. The van der Waals surface area contributed by atoms with E-state index in [-0.39, 0.29) is 35.1 Å². The first-order valence-electron chi connectivity index (χ1n) is 11.9. The summed E-state index contributed by atoms with van der Waals surface area (Å²) in [6, 6.07) is 8.44. The number of anilines is 2. The lowest BCUT2D eigenvalue weighted by molar-refractivity contribution is 0.104. The standard InChI is InChI=1S/C24H27ClF2N4O2S/c25-16-4-2-14(3-5-16)15-10-17-6-7-18(11-15)31(17)22-28-19-12-24(26,27)34(33)20(19)21(29-22)30-23(13-32)8-1-9-23/h2-5,15,17-18,32H,1,6-13H2,(H,28,29,30). The van der Waals surface area contributed by atoms with E-state index >= 15 is 0 Å². The molecule has 3 atom stereocenters.